The molecule has 5 nitrogen and oxygen atoms in total. The maximum Gasteiger partial charge on any atom is 0.224 e. The van der Waals surface area contributed by atoms with E-state index < -0.39 is 0 Å². The fourth-order valence-electron chi connectivity index (χ4n) is 2.92. The van der Waals surface area contributed by atoms with Gasteiger partial charge in [-0.3, -0.25) is 9.59 Å². The van der Waals surface area contributed by atoms with Gasteiger partial charge in [-0.1, -0.05) is 40.2 Å². The maximum absolute atomic E-state index is 12.0. The number of ether oxygens (including phenoxy) is 1. The number of hydrogen-bond donors (Lipinski definition) is 2. The third kappa shape index (κ3) is 5.16. The highest BCUT2D eigenvalue weighted by Gasteiger charge is 2.20. The quantitative estimate of drug-likeness (QED) is 0.755. The summed E-state index contributed by atoms with van der Waals surface area (Å²) in [5.41, 5.74) is 3.12. The number of benzene rings is 2. The Labute approximate surface area is 161 Å². The lowest BCUT2D eigenvalue weighted by Crippen LogP contribution is -2.32. The molecular formula is C20H21BrN2O3. The first-order chi connectivity index (χ1) is 12.6. The number of hydrogen-bond acceptors (Lipinski definition) is 3. The van der Waals surface area contributed by atoms with Crippen molar-refractivity contribution in [3.8, 4) is 0 Å². The monoisotopic (exact) mass is 416 g/mol. The minimum absolute atomic E-state index is 0.125. The Balaban J connectivity index is 1.42. The van der Waals surface area contributed by atoms with Crippen LogP contribution in [0.5, 0.6) is 0 Å². The minimum Gasteiger partial charge on any atom is -0.371 e. The average Bonchev–Trinajstić information content (AvgIpc) is 2.66. The molecule has 2 aromatic rings. The number of nitrogens with one attached hydrogen (secondary N) is 2. The fourth-order valence-corrected chi connectivity index (χ4v) is 3.19. The molecule has 1 atom stereocenters. The van der Waals surface area contributed by atoms with Crippen LogP contribution in [0.2, 0.25) is 0 Å². The molecule has 26 heavy (non-hydrogen) atoms. The molecule has 1 aliphatic rings. The second kappa shape index (κ2) is 8.96. The molecule has 1 heterocycles. The number of fused-ring (bicyclic) bond motifs is 1. The predicted molar refractivity (Wildman–Crippen MR) is 104 cm³/mol. The predicted octanol–water partition coefficient (Wildman–Crippen LogP) is 3.60. The molecule has 0 bridgehead atoms. The molecular weight excluding hydrogens is 396 g/mol. The lowest BCUT2D eigenvalue weighted by molar-refractivity contribution is -0.124. The lowest BCUT2D eigenvalue weighted by Gasteiger charge is -2.26. The van der Waals surface area contributed by atoms with Gasteiger partial charge in [0.05, 0.1) is 6.61 Å². The number of rotatable bonds is 6. The van der Waals surface area contributed by atoms with E-state index in [-0.39, 0.29) is 30.8 Å². The van der Waals surface area contributed by atoms with Crippen molar-refractivity contribution in [3.63, 3.8) is 0 Å². The molecule has 1 unspecified atom stereocenters. The second-order valence-corrected chi connectivity index (χ2v) is 7.08. The van der Waals surface area contributed by atoms with E-state index >= 15 is 0 Å². The SMILES string of the molecule is O=C(CCC(=O)Nc1ccc(Br)cc1)NCC1OCCc2ccccc21. The van der Waals surface area contributed by atoms with Crippen LogP contribution in [0.4, 0.5) is 5.69 Å². The van der Waals surface area contributed by atoms with E-state index in [9.17, 15) is 9.59 Å². The first-order valence-corrected chi connectivity index (χ1v) is 9.42. The van der Waals surface area contributed by atoms with Gasteiger partial charge >= 0.3 is 0 Å². The third-order valence-corrected chi connectivity index (χ3v) is 4.81. The van der Waals surface area contributed by atoms with Crippen molar-refractivity contribution in [2.45, 2.75) is 25.4 Å². The van der Waals surface area contributed by atoms with Crippen LogP contribution in [0.15, 0.2) is 53.0 Å². The van der Waals surface area contributed by atoms with Crippen molar-refractivity contribution < 1.29 is 14.3 Å². The zero-order chi connectivity index (χ0) is 18.4. The molecule has 136 valence electrons. The molecule has 2 aromatic carbocycles. The molecule has 0 radical (unpaired) electrons. The largest absolute Gasteiger partial charge is 0.371 e. The first kappa shape index (κ1) is 18.6. The van der Waals surface area contributed by atoms with E-state index in [1.807, 2.05) is 30.3 Å². The highest BCUT2D eigenvalue weighted by molar-refractivity contribution is 9.10. The number of anilines is 1. The molecule has 1 aliphatic heterocycles. The molecule has 0 aliphatic carbocycles. The summed E-state index contributed by atoms with van der Waals surface area (Å²) >= 11 is 3.35. The normalized spacial score (nSPS) is 15.8. The number of carbonyl (C=O) groups excluding carboxylic acids is 2. The van der Waals surface area contributed by atoms with Crippen LogP contribution in [-0.4, -0.2) is 25.0 Å². The minimum atomic E-state index is -0.179. The highest BCUT2D eigenvalue weighted by Crippen LogP contribution is 2.26. The summed E-state index contributed by atoms with van der Waals surface area (Å²) in [6.07, 6.45) is 1.07. The van der Waals surface area contributed by atoms with Crippen molar-refractivity contribution in [3.05, 3.63) is 64.1 Å². The Morgan fingerprint density at radius 3 is 2.58 bits per heavy atom. The van der Waals surface area contributed by atoms with Crippen molar-refractivity contribution in [1.82, 2.24) is 5.32 Å². The van der Waals surface area contributed by atoms with E-state index in [0.717, 1.165) is 16.5 Å². The van der Waals surface area contributed by atoms with Gasteiger partial charge in [-0.25, -0.2) is 0 Å². The van der Waals surface area contributed by atoms with Crippen molar-refractivity contribution >= 4 is 33.4 Å². The van der Waals surface area contributed by atoms with Crippen LogP contribution in [0.1, 0.15) is 30.1 Å². The van der Waals surface area contributed by atoms with Gasteiger partial charge in [0.2, 0.25) is 11.8 Å². The van der Waals surface area contributed by atoms with Gasteiger partial charge in [-0.15, -0.1) is 0 Å². The first-order valence-electron chi connectivity index (χ1n) is 8.63. The van der Waals surface area contributed by atoms with Crippen LogP contribution in [0.3, 0.4) is 0 Å². The van der Waals surface area contributed by atoms with Gasteiger partial charge in [0.15, 0.2) is 0 Å². The molecule has 0 spiro atoms. The van der Waals surface area contributed by atoms with Gasteiger partial charge in [0.1, 0.15) is 6.10 Å². The summed E-state index contributed by atoms with van der Waals surface area (Å²) in [5.74, 6) is -0.329. The third-order valence-electron chi connectivity index (χ3n) is 4.28. The molecule has 0 saturated heterocycles. The van der Waals surface area contributed by atoms with Crippen molar-refractivity contribution in [1.29, 1.82) is 0 Å². The summed E-state index contributed by atoms with van der Waals surface area (Å²) in [6.45, 7) is 1.08. The van der Waals surface area contributed by atoms with Crippen molar-refractivity contribution in [2.24, 2.45) is 0 Å². The molecule has 0 aromatic heterocycles. The standard InChI is InChI=1S/C20H21BrN2O3/c21-15-5-7-16(8-6-15)23-20(25)10-9-19(24)22-13-18-17-4-2-1-3-14(17)11-12-26-18/h1-8,18H,9-13H2,(H,22,24)(H,23,25). The van der Waals surface area contributed by atoms with E-state index in [4.69, 9.17) is 4.74 Å². The highest BCUT2D eigenvalue weighted by atomic mass is 79.9. The van der Waals surface area contributed by atoms with Crippen LogP contribution < -0.4 is 10.6 Å². The van der Waals surface area contributed by atoms with Gasteiger partial charge in [0, 0.05) is 29.5 Å². The summed E-state index contributed by atoms with van der Waals surface area (Å²) in [5, 5.41) is 5.65. The summed E-state index contributed by atoms with van der Waals surface area (Å²) in [4.78, 5) is 24.0. The topological polar surface area (TPSA) is 67.4 Å². The van der Waals surface area contributed by atoms with Gasteiger partial charge in [-0.2, -0.15) is 0 Å². The summed E-state index contributed by atoms with van der Waals surface area (Å²) < 4.78 is 6.72. The van der Waals surface area contributed by atoms with Crippen LogP contribution in [0, 0.1) is 0 Å². The van der Waals surface area contributed by atoms with E-state index in [1.54, 1.807) is 12.1 Å². The van der Waals surface area contributed by atoms with E-state index in [0.29, 0.717) is 18.8 Å². The van der Waals surface area contributed by atoms with Crippen LogP contribution >= 0.6 is 15.9 Å². The van der Waals surface area contributed by atoms with Crippen LogP contribution in [-0.2, 0) is 20.7 Å². The Hall–Kier alpha value is -2.18. The zero-order valence-corrected chi connectivity index (χ0v) is 15.9. The Morgan fingerprint density at radius 2 is 1.77 bits per heavy atom. The van der Waals surface area contributed by atoms with Crippen molar-refractivity contribution in [2.75, 3.05) is 18.5 Å². The van der Waals surface area contributed by atoms with E-state index in [1.165, 1.54) is 5.56 Å². The lowest BCUT2D eigenvalue weighted by atomic mass is 9.97. The fraction of sp³-hybridized carbons (Fsp3) is 0.300. The average molecular weight is 417 g/mol. The number of amides is 2. The Morgan fingerprint density at radius 1 is 1.04 bits per heavy atom. The Kier molecular flexibility index (Phi) is 6.41. The van der Waals surface area contributed by atoms with Gasteiger partial charge < -0.3 is 15.4 Å². The molecule has 3 rings (SSSR count). The summed E-state index contributed by atoms with van der Waals surface area (Å²) in [6, 6.07) is 15.4. The Bertz CT molecular complexity index is 777. The smallest absolute Gasteiger partial charge is 0.224 e. The van der Waals surface area contributed by atoms with Gasteiger partial charge in [0.25, 0.3) is 0 Å². The van der Waals surface area contributed by atoms with Gasteiger partial charge in [-0.05, 0) is 41.8 Å². The molecule has 2 N–H and O–H groups in total. The second-order valence-electron chi connectivity index (χ2n) is 6.17. The number of halogens is 1. The van der Waals surface area contributed by atoms with E-state index in [2.05, 4.69) is 32.6 Å². The molecule has 0 saturated carbocycles. The molecule has 0 fully saturated rings. The summed E-state index contributed by atoms with van der Waals surface area (Å²) in [7, 11) is 0. The maximum atomic E-state index is 12.0. The zero-order valence-electron chi connectivity index (χ0n) is 14.3. The molecule has 6 heteroatoms. The molecule has 2 amide bonds. The van der Waals surface area contributed by atoms with Crippen LogP contribution in [0.25, 0.3) is 0 Å². The number of carbonyl (C=O) groups is 2.